The number of ether oxygens (including phenoxy) is 2. The van der Waals surface area contributed by atoms with E-state index in [0.717, 1.165) is 0 Å². The SMILES string of the molecule is C=C1NC(C)(C)CCOc2ccc(F)cc2CN2c3nc4c1cnn4cc3OC[C@H]2C(F)F. The van der Waals surface area contributed by atoms with Crippen LogP contribution in [0.4, 0.5) is 19.0 Å². The first-order valence-corrected chi connectivity index (χ1v) is 10.7. The number of nitrogens with zero attached hydrogens (tertiary/aromatic N) is 4. The summed E-state index contributed by atoms with van der Waals surface area (Å²) in [5.74, 6) is 0.523. The van der Waals surface area contributed by atoms with Crippen molar-refractivity contribution in [3.63, 3.8) is 0 Å². The van der Waals surface area contributed by atoms with Gasteiger partial charge in [0.1, 0.15) is 24.2 Å². The summed E-state index contributed by atoms with van der Waals surface area (Å²) in [6.07, 6.45) is 1.15. The average molecular weight is 459 g/mol. The Kier molecular flexibility index (Phi) is 5.10. The topological polar surface area (TPSA) is 63.9 Å². The van der Waals surface area contributed by atoms with Gasteiger partial charge in [0.25, 0.3) is 6.43 Å². The Morgan fingerprint density at radius 1 is 1.24 bits per heavy atom. The summed E-state index contributed by atoms with van der Waals surface area (Å²) in [5.41, 5.74) is 1.79. The minimum atomic E-state index is -2.70. The van der Waals surface area contributed by atoms with E-state index < -0.39 is 18.3 Å². The van der Waals surface area contributed by atoms with Gasteiger partial charge in [-0.15, -0.1) is 0 Å². The monoisotopic (exact) mass is 459 g/mol. The molecule has 0 fully saturated rings. The molecular formula is C23H24F3N5O2. The van der Waals surface area contributed by atoms with Crippen LogP contribution in [0.15, 0.2) is 37.2 Å². The number of hydrogen-bond acceptors (Lipinski definition) is 6. The fourth-order valence-electron chi connectivity index (χ4n) is 4.18. The van der Waals surface area contributed by atoms with Gasteiger partial charge in [0, 0.05) is 29.8 Å². The molecule has 0 saturated carbocycles. The maximum Gasteiger partial charge on any atom is 0.261 e. The molecule has 1 aromatic carbocycles. The van der Waals surface area contributed by atoms with E-state index in [1.165, 1.54) is 27.6 Å². The van der Waals surface area contributed by atoms with E-state index >= 15 is 0 Å². The van der Waals surface area contributed by atoms with Gasteiger partial charge in [0.2, 0.25) is 0 Å². The van der Waals surface area contributed by atoms with Crippen LogP contribution in [-0.4, -0.2) is 45.8 Å². The maximum absolute atomic E-state index is 14.1. The number of rotatable bonds is 1. The number of alkyl halides is 2. The molecular weight excluding hydrogens is 435 g/mol. The van der Waals surface area contributed by atoms with E-state index in [2.05, 4.69) is 22.0 Å². The normalized spacial score (nSPS) is 20.1. The summed E-state index contributed by atoms with van der Waals surface area (Å²) >= 11 is 0. The second-order valence-electron chi connectivity index (χ2n) is 8.93. The van der Waals surface area contributed by atoms with Crippen LogP contribution in [0.5, 0.6) is 11.5 Å². The number of anilines is 1. The third-order valence-electron chi connectivity index (χ3n) is 5.98. The number of aromatic nitrogens is 3. The molecule has 33 heavy (non-hydrogen) atoms. The molecule has 0 spiro atoms. The molecule has 2 bridgehead atoms. The lowest BCUT2D eigenvalue weighted by Gasteiger charge is -2.37. The lowest BCUT2D eigenvalue weighted by molar-refractivity contribution is 0.0766. The Morgan fingerprint density at radius 2 is 2.06 bits per heavy atom. The molecule has 4 heterocycles. The zero-order chi connectivity index (χ0) is 23.3. The number of fused-ring (bicyclic) bond motifs is 1. The highest BCUT2D eigenvalue weighted by Gasteiger charge is 2.37. The van der Waals surface area contributed by atoms with Gasteiger partial charge in [-0.05, 0) is 32.0 Å². The molecule has 2 aromatic heterocycles. The molecule has 0 saturated heterocycles. The predicted octanol–water partition coefficient (Wildman–Crippen LogP) is 4.02. The lowest BCUT2D eigenvalue weighted by Crippen LogP contribution is -2.47. The predicted molar refractivity (Wildman–Crippen MR) is 117 cm³/mol. The number of halogens is 3. The second kappa shape index (κ2) is 7.86. The highest BCUT2D eigenvalue weighted by Crippen LogP contribution is 2.37. The molecule has 1 N–H and O–H groups in total. The Hall–Kier alpha value is -3.43. The van der Waals surface area contributed by atoms with Crippen molar-refractivity contribution in [2.75, 3.05) is 18.1 Å². The van der Waals surface area contributed by atoms with Gasteiger partial charge < -0.3 is 19.7 Å². The van der Waals surface area contributed by atoms with Crippen molar-refractivity contribution in [3.05, 3.63) is 54.1 Å². The summed E-state index contributed by atoms with van der Waals surface area (Å²) in [6, 6.07) is 2.88. The first-order chi connectivity index (χ1) is 15.7. The van der Waals surface area contributed by atoms with E-state index in [0.29, 0.717) is 47.0 Å². The molecule has 5 rings (SSSR count). The first-order valence-electron chi connectivity index (χ1n) is 10.7. The first kappa shape index (κ1) is 21.4. The smallest absolute Gasteiger partial charge is 0.261 e. The molecule has 2 aliphatic rings. The van der Waals surface area contributed by atoms with Crippen LogP contribution in [0.25, 0.3) is 11.3 Å². The lowest BCUT2D eigenvalue weighted by atomic mass is 10.00. The van der Waals surface area contributed by atoms with Crippen molar-refractivity contribution in [2.45, 2.75) is 44.8 Å². The minimum absolute atomic E-state index is 0.0201. The van der Waals surface area contributed by atoms with Crippen LogP contribution in [-0.2, 0) is 6.54 Å². The van der Waals surface area contributed by atoms with Gasteiger partial charge >= 0.3 is 0 Å². The Morgan fingerprint density at radius 3 is 2.85 bits per heavy atom. The molecule has 10 heteroatoms. The van der Waals surface area contributed by atoms with E-state index in [9.17, 15) is 13.2 Å². The summed E-state index contributed by atoms with van der Waals surface area (Å²) in [7, 11) is 0. The van der Waals surface area contributed by atoms with Crippen LogP contribution in [0.2, 0.25) is 0 Å². The van der Waals surface area contributed by atoms with Crippen molar-refractivity contribution in [3.8, 4) is 11.5 Å². The summed E-state index contributed by atoms with van der Waals surface area (Å²) < 4.78 is 55.3. The van der Waals surface area contributed by atoms with E-state index in [-0.39, 0.29) is 24.5 Å². The largest absolute Gasteiger partial charge is 0.493 e. The van der Waals surface area contributed by atoms with Gasteiger partial charge in [0.05, 0.1) is 24.6 Å². The minimum Gasteiger partial charge on any atom is -0.493 e. The van der Waals surface area contributed by atoms with E-state index in [1.54, 1.807) is 12.4 Å². The van der Waals surface area contributed by atoms with Crippen molar-refractivity contribution in [2.24, 2.45) is 0 Å². The van der Waals surface area contributed by atoms with Gasteiger partial charge in [-0.1, -0.05) is 6.58 Å². The van der Waals surface area contributed by atoms with Gasteiger partial charge in [0.15, 0.2) is 17.2 Å². The molecule has 3 aromatic rings. The van der Waals surface area contributed by atoms with Crippen molar-refractivity contribution in [1.82, 2.24) is 19.9 Å². The Bertz CT molecular complexity index is 1230. The Balaban J connectivity index is 1.70. The standard InChI is InChI=1S/C23H24F3N5O2/c1-13-16-9-27-31-11-19-22(28-21(16)31)30(17(12-33-19)20(25)26)10-14-8-15(24)4-5-18(14)32-7-6-23(2,3)29-13/h4-5,8-9,11,17,20,29H,1,6-7,10,12H2,2-3H3/t17-/m0/s1. The number of nitrogens with one attached hydrogen (secondary N) is 1. The average Bonchev–Trinajstić information content (AvgIpc) is 3.16. The van der Waals surface area contributed by atoms with E-state index in [4.69, 9.17) is 9.47 Å². The highest BCUT2D eigenvalue weighted by atomic mass is 19.3. The fraction of sp³-hybridized carbons (Fsp3) is 0.391. The summed E-state index contributed by atoms with van der Waals surface area (Å²) in [5, 5.41) is 7.73. The zero-order valence-corrected chi connectivity index (χ0v) is 18.3. The number of benzene rings is 1. The van der Waals surface area contributed by atoms with Crippen LogP contribution >= 0.6 is 0 Å². The molecule has 0 unspecified atom stereocenters. The summed E-state index contributed by atoms with van der Waals surface area (Å²) in [4.78, 5) is 6.12. The van der Waals surface area contributed by atoms with Crippen molar-refractivity contribution in [1.29, 1.82) is 0 Å². The van der Waals surface area contributed by atoms with Gasteiger partial charge in [-0.3, -0.25) is 0 Å². The third kappa shape index (κ3) is 3.94. The molecule has 7 nitrogen and oxygen atoms in total. The molecule has 0 radical (unpaired) electrons. The van der Waals surface area contributed by atoms with Crippen LogP contribution < -0.4 is 19.7 Å². The molecule has 0 amide bonds. The third-order valence-corrected chi connectivity index (χ3v) is 5.98. The van der Waals surface area contributed by atoms with Gasteiger partial charge in [-0.2, -0.15) is 5.10 Å². The summed E-state index contributed by atoms with van der Waals surface area (Å²) in [6.45, 7) is 8.26. The van der Waals surface area contributed by atoms with Crippen LogP contribution in [0.3, 0.4) is 0 Å². The van der Waals surface area contributed by atoms with Crippen LogP contribution in [0.1, 0.15) is 31.4 Å². The Labute approximate surface area is 188 Å². The molecule has 1 atom stereocenters. The maximum atomic E-state index is 14.1. The van der Waals surface area contributed by atoms with Gasteiger partial charge in [-0.25, -0.2) is 22.7 Å². The molecule has 174 valence electrons. The molecule has 2 aliphatic heterocycles. The molecule has 0 aliphatic carbocycles. The van der Waals surface area contributed by atoms with E-state index in [1.807, 2.05) is 13.8 Å². The van der Waals surface area contributed by atoms with Crippen molar-refractivity contribution >= 4 is 17.2 Å². The highest BCUT2D eigenvalue weighted by molar-refractivity contribution is 5.75. The zero-order valence-electron chi connectivity index (χ0n) is 18.3. The van der Waals surface area contributed by atoms with Crippen LogP contribution in [0, 0.1) is 5.82 Å². The number of hydrogen-bond donors (Lipinski definition) is 1. The van der Waals surface area contributed by atoms with Crippen molar-refractivity contribution < 1.29 is 22.6 Å². The second-order valence-corrected chi connectivity index (χ2v) is 8.93. The quantitative estimate of drug-likeness (QED) is 0.593. The fourth-order valence-corrected chi connectivity index (χ4v) is 4.18.